The number of carbonyl (C=O) groups excluding carboxylic acids is 1. The van der Waals surface area contributed by atoms with E-state index < -0.39 is 15.9 Å². The minimum Gasteiger partial charge on any atom is -0.323 e. The molecule has 7 nitrogen and oxygen atoms in total. The van der Waals surface area contributed by atoms with Gasteiger partial charge in [0.25, 0.3) is 15.9 Å². The number of thiophene rings is 1. The molecule has 2 aromatic heterocycles. The molecule has 1 amide bonds. The van der Waals surface area contributed by atoms with Crippen LogP contribution >= 0.6 is 11.3 Å². The van der Waals surface area contributed by atoms with E-state index in [1.165, 1.54) is 23.5 Å². The zero-order valence-corrected chi connectivity index (χ0v) is 18.8. The minimum absolute atomic E-state index is 0.0820. The highest BCUT2D eigenvalue weighted by atomic mass is 32.2. The number of fused-ring (bicyclic) bond motifs is 1. The van der Waals surface area contributed by atoms with Crippen molar-refractivity contribution in [1.29, 1.82) is 0 Å². The van der Waals surface area contributed by atoms with Gasteiger partial charge in [0.15, 0.2) is 5.82 Å². The molecule has 0 radical (unpaired) electrons. The summed E-state index contributed by atoms with van der Waals surface area (Å²) < 4.78 is 26.9. The highest BCUT2D eigenvalue weighted by Gasteiger charge is 2.19. The van der Waals surface area contributed by atoms with Gasteiger partial charge in [-0.15, -0.1) is 16.2 Å². The zero-order valence-electron chi connectivity index (χ0n) is 17.1. The summed E-state index contributed by atoms with van der Waals surface area (Å²) in [7, 11) is -3.85. The number of carbonyl (C=O) groups is 1. The SMILES string of the molecule is CCCn1c(-c2ccc(C(=O)NNS(=O)(=O)c3ccc(C)cc3)s2)nc2ccccc21. The monoisotopic (exact) mass is 454 g/mol. The molecule has 0 spiro atoms. The van der Waals surface area contributed by atoms with Crippen molar-refractivity contribution in [1.82, 2.24) is 19.8 Å². The van der Waals surface area contributed by atoms with E-state index in [-0.39, 0.29) is 4.90 Å². The summed E-state index contributed by atoms with van der Waals surface area (Å²) in [5, 5.41) is 0. The summed E-state index contributed by atoms with van der Waals surface area (Å²) in [6.45, 7) is 4.78. The van der Waals surface area contributed by atoms with Gasteiger partial charge in [-0.3, -0.25) is 10.2 Å². The Morgan fingerprint density at radius 2 is 1.81 bits per heavy atom. The van der Waals surface area contributed by atoms with Gasteiger partial charge in [-0.1, -0.05) is 36.8 Å². The fraction of sp³-hybridized carbons (Fsp3) is 0.182. The van der Waals surface area contributed by atoms with Crippen molar-refractivity contribution < 1.29 is 13.2 Å². The van der Waals surface area contributed by atoms with Gasteiger partial charge in [0.2, 0.25) is 0 Å². The van der Waals surface area contributed by atoms with E-state index in [2.05, 4.69) is 21.7 Å². The van der Waals surface area contributed by atoms with Gasteiger partial charge in [-0.25, -0.2) is 13.4 Å². The molecule has 160 valence electrons. The number of hydrogen-bond acceptors (Lipinski definition) is 5. The van der Waals surface area contributed by atoms with Gasteiger partial charge in [0.1, 0.15) is 0 Å². The van der Waals surface area contributed by atoms with Crippen LogP contribution in [-0.2, 0) is 16.6 Å². The molecule has 0 unspecified atom stereocenters. The molecule has 0 fully saturated rings. The standard InChI is InChI=1S/C22H22N4O3S2/c1-3-14-26-18-7-5-4-6-17(18)23-21(26)19-12-13-20(30-19)22(27)24-25-31(28,29)16-10-8-15(2)9-11-16/h4-13,25H,3,14H2,1-2H3,(H,24,27). The third-order valence-electron chi connectivity index (χ3n) is 4.78. The van der Waals surface area contributed by atoms with E-state index in [4.69, 9.17) is 4.98 Å². The van der Waals surface area contributed by atoms with E-state index in [0.717, 1.165) is 40.3 Å². The molecule has 0 bridgehead atoms. The lowest BCUT2D eigenvalue weighted by Gasteiger charge is -2.08. The van der Waals surface area contributed by atoms with E-state index in [9.17, 15) is 13.2 Å². The molecule has 0 saturated carbocycles. The van der Waals surface area contributed by atoms with E-state index in [1.807, 2.05) is 37.3 Å². The lowest BCUT2D eigenvalue weighted by Crippen LogP contribution is -2.41. The molecule has 4 aromatic rings. The second-order valence-corrected chi connectivity index (χ2v) is 9.88. The van der Waals surface area contributed by atoms with Gasteiger partial charge >= 0.3 is 0 Å². The average Bonchev–Trinajstić information content (AvgIpc) is 3.38. The molecule has 0 saturated heterocycles. The van der Waals surface area contributed by atoms with Crippen LogP contribution in [0.1, 0.15) is 28.6 Å². The number of sulfonamides is 1. The second-order valence-electron chi connectivity index (χ2n) is 7.11. The van der Waals surface area contributed by atoms with E-state index >= 15 is 0 Å². The second kappa shape index (κ2) is 8.62. The van der Waals surface area contributed by atoms with Gasteiger partial charge in [-0.05, 0) is 49.7 Å². The first-order chi connectivity index (χ1) is 14.9. The largest absolute Gasteiger partial charge is 0.323 e. The number of aryl methyl sites for hydroxylation is 2. The molecule has 0 aliphatic heterocycles. The summed E-state index contributed by atoms with van der Waals surface area (Å²) in [5.41, 5.74) is 5.18. The molecule has 0 atom stereocenters. The van der Waals surface area contributed by atoms with Crippen LogP contribution in [0.5, 0.6) is 0 Å². The van der Waals surface area contributed by atoms with Crippen molar-refractivity contribution in [2.24, 2.45) is 0 Å². The molecular weight excluding hydrogens is 432 g/mol. The Morgan fingerprint density at radius 3 is 2.55 bits per heavy atom. The molecule has 0 aliphatic rings. The Labute approximate surface area is 184 Å². The first kappa shape index (κ1) is 21.2. The fourth-order valence-electron chi connectivity index (χ4n) is 3.25. The Balaban J connectivity index is 1.54. The summed E-state index contributed by atoms with van der Waals surface area (Å²) in [6.07, 6.45) is 0.951. The summed E-state index contributed by atoms with van der Waals surface area (Å²) in [5.74, 6) is 0.275. The summed E-state index contributed by atoms with van der Waals surface area (Å²) in [6, 6.07) is 17.8. The predicted octanol–water partition coefficient (Wildman–Crippen LogP) is 4.11. The third-order valence-corrected chi connectivity index (χ3v) is 7.13. The Bertz CT molecular complexity index is 1340. The van der Waals surface area contributed by atoms with Crippen LogP contribution in [0.4, 0.5) is 0 Å². The number of nitrogens with zero attached hydrogens (tertiary/aromatic N) is 2. The summed E-state index contributed by atoms with van der Waals surface area (Å²) >= 11 is 1.27. The molecule has 9 heteroatoms. The van der Waals surface area contributed by atoms with Crippen LogP contribution in [0.2, 0.25) is 0 Å². The lowest BCUT2D eigenvalue weighted by atomic mass is 10.2. The van der Waals surface area contributed by atoms with Crippen LogP contribution in [-0.4, -0.2) is 23.9 Å². The highest BCUT2D eigenvalue weighted by Crippen LogP contribution is 2.30. The first-order valence-electron chi connectivity index (χ1n) is 9.83. The number of nitrogens with one attached hydrogen (secondary N) is 2. The first-order valence-corrected chi connectivity index (χ1v) is 12.1. The van der Waals surface area contributed by atoms with Crippen molar-refractivity contribution >= 4 is 38.3 Å². The molecule has 2 N–H and O–H groups in total. The van der Waals surface area contributed by atoms with E-state index in [0.29, 0.717) is 4.88 Å². The normalized spacial score (nSPS) is 11.7. The molecule has 0 aliphatic carbocycles. The Morgan fingerprint density at radius 1 is 1.06 bits per heavy atom. The number of amides is 1. The number of benzene rings is 2. The van der Waals surface area contributed by atoms with Crippen molar-refractivity contribution in [3.05, 3.63) is 71.1 Å². The van der Waals surface area contributed by atoms with Crippen LogP contribution in [0.15, 0.2) is 65.6 Å². The maximum absolute atomic E-state index is 12.5. The van der Waals surface area contributed by atoms with E-state index in [1.54, 1.807) is 18.2 Å². The number of rotatable bonds is 7. The number of imidazole rings is 1. The van der Waals surface area contributed by atoms with Crippen molar-refractivity contribution in [3.63, 3.8) is 0 Å². The maximum atomic E-state index is 12.5. The number of para-hydroxylation sites is 2. The van der Waals surface area contributed by atoms with Gasteiger partial charge in [0.05, 0.1) is 25.7 Å². The van der Waals surface area contributed by atoms with Crippen LogP contribution < -0.4 is 10.3 Å². The molecule has 2 heterocycles. The van der Waals surface area contributed by atoms with Crippen LogP contribution in [0, 0.1) is 6.92 Å². The van der Waals surface area contributed by atoms with Crippen molar-refractivity contribution in [3.8, 4) is 10.7 Å². The van der Waals surface area contributed by atoms with Gasteiger partial charge < -0.3 is 4.57 Å². The maximum Gasteiger partial charge on any atom is 0.276 e. The quantitative estimate of drug-likeness (QED) is 0.411. The van der Waals surface area contributed by atoms with Gasteiger partial charge in [-0.2, -0.15) is 0 Å². The lowest BCUT2D eigenvalue weighted by molar-refractivity contribution is 0.0949. The van der Waals surface area contributed by atoms with Gasteiger partial charge in [0, 0.05) is 6.54 Å². The van der Waals surface area contributed by atoms with Crippen LogP contribution in [0.25, 0.3) is 21.7 Å². The minimum atomic E-state index is -3.85. The zero-order chi connectivity index (χ0) is 22.0. The number of hydrazine groups is 1. The Hall–Kier alpha value is -3.01. The van der Waals surface area contributed by atoms with Crippen molar-refractivity contribution in [2.75, 3.05) is 0 Å². The average molecular weight is 455 g/mol. The highest BCUT2D eigenvalue weighted by molar-refractivity contribution is 7.89. The molecule has 31 heavy (non-hydrogen) atoms. The number of hydrogen-bond donors (Lipinski definition) is 2. The smallest absolute Gasteiger partial charge is 0.276 e. The molecule has 4 rings (SSSR count). The van der Waals surface area contributed by atoms with Crippen LogP contribution in [0.3, 0.4) is 0 Å². The fourth-order valence-corrected chi connectivity index (χ4v) is 4.98. The Kier molecular flexibility index (Phi) is 5.90. The number of aromatic nitrogens is 2. The molecule has 2 aromatic carbocycles. The molecular formula is C22H22N4O3S2. The van der Waals surface area contributed by atoms with Crippen molar-refractivity contribution in [2.45, 2.75) is 31.7 Å². The topological polar surface area (TPSA) is 93.1 Å². The third kappa shape index (κ3) is 4.39. The predicted molar refractivity (Wildman–Crippen MR) is 122 cm³/mol. The summed E-state index contributed by atoms with van der Waals surface area (Å²) in [4.78, 5) is 20.8.